The highest BCUT2D eigenvalue weighted by molar-refractivity contribution is 8.12. The first-order valence-electron chi connectivity index (χ1n) is 5.83. The number of halogens is 1. The third kappa shape index (κ3) is 2.01. The summed E-state index contributed by atoms with van der Waals surface area (Å²) in [7, 11) is 1.27. The molecule has 1 aromatic rings. The molecule has 2 fully saturated rings. The van der Waals surface area contributed by atoms with Crippen LogP contribution in [0.1, 0.15) is 42.3 Å². The number of rotatable bonds is 3. The van der Waals surface area contributed by atoms with Crippen molar-refractivity contribution in [1.29, 1.82) is 0 Å². The topological polar surface area (TPSA) is 54.5 Å². The molecule has 0 bridgehead atoms. The van der Waals surface area contributed by atoms with Gasteiger partial charge in [-0.15, -0.1) is 0 Å². The van der Waals surface area contributed by atoms with Crippen LogP contribution in [-0.4, -0.2) is 18.6 Å². The minimum atomic E-state index is -3.97. The van der Waals surface area contributed by atoms with E-state index < -0.39 is 21.2 Å². The third-order valence-corrected chi connectivity index (χ3v) is 4.88. The maximum atomic E-state index is 11.3. The highest BCUT2D eigenvalue weighted by atomic mass is 35.7. The molecule has 1 aliphatic heterocycles. The van der Waals surface area contributed by atoms with Gasteiger partial charge in [-0.05, 0) is 29.9 Å². The highest BCUT2D eigenvalue weighted by Crippen LogP contribution is 2.42. The van der Waals surface area contributed by atoms with Crippen molar-refractivity contribution in [2.45, 2.75) is 31.2 Å². The number of carbonyl (C=O) groups is 1. The molecule has 0 spiro atoms. The van der Waals surface area contributed by atoms with Gasteiger partial charge >= 0.3 is 9.24 Å². The van der Waals surface area contributed by atoms with Gasteiger partial charge in [-0.2, -0.15) is 8.42 Å². The first kappa shape index (κ1) is 12.0. The Hall–Kier alpha value is -1.07. The van der Waals surface area contributed by atoms with E-state index in [1.165, 1.54) is 18.4 Å². The van der Waals surface area contributed by atoms with E-state index in [0.29, 0.717) is 5.92 Å². The number of hydrogen-bond acceptors (Lipinski definition) is 3. The summed E-state index contributed by atoms with van der Waals surface area (Å²) in [6.07, 6.45) is 2.65. The first-order valence-corrected chi connectivity index (χ1v) is 8.10. The Bertz CT molecular complexity index is 592. The van der Waals surface area contributed by atoms with E-state index in [-0.39, 0.29) is 6.42 Å². The molecule has 1 aromatic carbocycles. The summed E-state index contributed by atoms with van der Waals surface area (Å²) >= 11 is 0. The van der Waals surface area contributed by atoms with Crippen LogP contribution in [0.3, 0.4) is 0 Å². The summed E-state index contributed by atoms with van der Waals surface area (Å²) in [6.45, 7) is 0. The molecule has 0 radical (unpaired) electrons. The number of amides is 1. The minimum absolute atomic E-state index is 0.203. The normalized spacial score (nSPS) is 23.9. The molecule has 0 aromatic heterocycles. The fourth-order valence-corrected chi connectivity index (χ4v) is 3.67. The van der Waals surface area contributed by atoms with Crippen LogP contribution in [-0.2, 0) is 14.0 Å². The van der Waals surface area contributed by atoms with Gasteiger partial charge in [0.25, 0.3) is 0 Å². The van der Waals surface area contributed by atoms with Gasteiger partial charge in [0, 0.05) is 10.7 Å². The smallest absolute Gasteiger partial charge is 0.274 e. The van der Waals surface area contributed by atoms with Crippen LogP contribution in [0.4, 0.5) is 0 Å². The fraction of sp³-hybridized carbons (Fsp3) is 0.417. The van der Waals surface area contributed by atoms with Crippen LogP contribution >= 0.6 is 10.7 Å². The van der Waals surface area contributed by atoms with Crippen molar-refractivity contribution in [1.82, 2.24) is 4.31 Å². The lowest BCUT2D eigenvalue weighted by molar-refractivity contribution is -0.137. The maximum absolute atomic E-state index is 11.3. The van der Waals surface area contributed by atoms with Gasteiger partial charge in [-0.1, -0.05) is 24.3 Å². The second-order valence-corrected chi connectivity index (χ2v) is 7.18. The molecule has 1 saturated carbocycles. The SMILES string of the molecule is O=C1CC(c2ccc(C3CC3)cc2)N1S(=O)(=O)Cl. The molecule has 3 rings (SSSR count). The van der Waals surface area contributed by atoms with Gasteiger partial charge in [-0.3, -0.25) is 4.79 Å². The summed E-state index contributed by atoms with van der Waals surface area (Å²) in [5, 5.41) is 0. The Morgan fingerprint density at radius 1 is 1.11 bits per heavy atom. The zero-order valence-corrected chi connectivity index (χ0v) is 11.1. The van der Waals surface area contributed by atoms with Crippen molar-refractivity contribution in [3.8, 4) is 0 Å². The Kier molecular flexibility index (Phi) is 2.64. The van der Waals surface area contributed by atoms with Crippen molar-refractivity contribution in [2.24, 2.45) is 0 Å². The second kappa shape index (κ2) is 3.96. The average Bonchev–Trinajstić information content (AvgIpc) is 3.07. The summed E-state index contributed by atoms with van der Waals surface area (Å²) in [5.41, 5.74) is 2.10. The largest absolute Gasteiger partial charge is 0.324 e. The van der Waals surface area contributed by atoms with Crippen LogP contribution in [0.25, 0.3) is 0 Å². The summed E-state index contributed by atoms with van der Waals surface area (Å²) < 4.78 is 23.3. The van der Waals surface area contributed by atoms with Crippen molar-refractivity contribution < 1.29 is 13.2 Å². The molecule has 2 aliphatic rings. The highest BCUT2D eigenvalue weighted by Gasteiger charge is 2.44. The number of benzene rings is 1. The van der Waals surface area contributed by atoms with Crippen LogP contribution in [0.2, 0.25) is 0 Å². The number of β-lactam (4-membered cyclic amide) rings is 1. The van der Waals surface area contributed by atoms with Crippen molar-refractivity contribution in [3.05, 3.63) is 35.4 Å². The lowest BCUT2D eigenvalue weighted by Crippen LogP contribution is -2.47. The molecule has 1 heterocycles. The number of hydrogen-bond donors (Lipinski definition) is 0. The molecule has 6 heteroatoms. The Morgan fingerprint density at radius 2 is 1.67 bits per heavy atom. The Labute approximate surface area is 110 Å². The van der Waals surface area contributed by atoms with Crippen molar-refractivity contribution in [2.75, 3.05) is 0 Å². The van der Waals surface area contributed by atoms with Crippen molar-refractivity contribution in [3.63, 3.8) is 0 Å². The van der Waals surface area contributed by atoms with E-state index >= 15 is 0 Å². The Balaban J connectivity index is 1.84. The maximum Gasteiger partial charge on any atom is 0.324 e. The monoisotopic (exact) mass is 285 g/mol. The van der Waals surface area contributed by atoms with Crippen LogP contribution in [0.15, 0.2) is 24.3 Å². The van der Waals surface area contributed by atoms with E-state index in [9.17, 15) is 13.2 Å². The van der Waals surface area contributed by atoms with E-state index in [1.807, 2.05) is 24.3 Å². The molecule has 1 saturated heterocycles. The summed E-state index contributed by atoms with van der Waals surface area (Å²) in [4.78, 5) is 11.3. The average molecular weight is 286 g/mol. The lowest BCUT2D eigenvalue weighted by Gasteiger charge is -2.37. The zero-order valence-electron chi connectivity index (χ0n) is 9.54. The van der Waals surface area contributed by atoms with Gasteiger partial charge in [0.2, 0.25) is 5.91 Å². The van der Waals surface area contributed by atoms with E-state index in [4.69, 9.17) is 10.7 Å². The van der Waals surface area contributed by atoms with Gasteiger partial charge < -0.3 is 0 Å². The molecule has 18 heavy (non-hydrogen) atoms. The van der Waals surface area contributed by atoms with E-state index in [0.717, 1.165) is 9.87 Å². The second-order valence-electron chi connectivity index (χ2n) is 4.79. The van der Waals surface area contributed by atoms with Crippen LogP contribution < -0.4 is 0 Å². The number of nitrogens with zero attached hydrogens (tertiary/aromatic N) is 1. The molecule has 4 nitrogen and oxygen atoms in total. The predicted molar refractivity (Wildman–Crippen MR) is 67.4 cm³/mol. The van der Waals surface area contributed by atoms with Crippen molar-refractivity contribution >= 4 is 25.8 Å². The molecule has 1 atom stereocenters. The van der Waals surface area contributed by atoms with Crippen LogP contribution in [0, 0.1) is 0 Å². The van der Waals surface area contributed by atoms with E-state index in [2.05, 4.69) is 0 Å². The van der Waals surface area contributed by atoms with Gasteiger partial charge in [0.15, 0.2) is 0 Å². The Morgan fingerprint density at radius 3 is 2.11 bits per heavy atom. The summed E-state index contributed by atoms with van der Waals surface area (Å²) in [6, 6.07) is 7.36. The van der Waals surface area contributed by atoms with E-state index in [1.54, 1.807) is 0 Å². The van der Waals surface area contributed by atoms with Gasteiger partial charge in [0.05, 0.1) is 12.5 Å². The fourth-order valence-electron chi connectivity index (χ4n) is 2.33. The first-order chi connectivity index (χ1) is 8.47. The van der Waals surface area contributed by atoms with Gasteiger partial charge in [-0.25, -0.2) is 4.31 Å². The zero-order chi connectivity index (χ0) is 12.9. The summed E-state index contributed by atoms with van der Waals surface area (Å²) in [5.74, 6) is 0.219. The third-order valence-electron chi connectivity index (χ3n) is 3.50. The molecule has 96 valence electrons. The number of carbonyl (C=O) groups excluding carboxylic acids is 1. The molecule has 1 unspecified atom stereocenters. The van der Waals surface area contributed by atoms with Gasteiger partial charge in [0.1, 0.15) is 0 Å². The standard InChI is InChI=1S/C12H12ClNO3S/c13-18(16,17)14-11(7-12(14)15)10-5-3-9(4-6-10)8-1-2-8/h3-6,8,11H,1-2,7H2. The quantitative estimate of drug-likeness (QED) is 0.633. The molecular weight excluding hydrogens is 274 g/mol. The molecule has 1 aliphatic carbocycles. The molecular formula is C12H12ClNO3S. The minimum Gasteiger partial charge on any atom is -0.274 e. The molecule has 0 N–H and O–H groups in total. The lowest BCUT2D eigenvalue weighted by atomic mass is 9.95. The molecule has 1 amide bonds. The predicted octanol–water partition coefficient (Wildman–Crippen LogP) is 2.32. The van der Waals surface area contributed by atoms with Crippen LogP contribution in [0.5, 0.6) is 0 Å².